The van der Waals surface area contributed by atoms with Crippen molar-refractivity contribution in [3.8, 4) is 0 Å². The van der Waals surface area contributed by atoms with E-state index in [2.05, 4.69) is 10.5 Å². The maximum atomic E-state index is 12.5. The van der Waals surface area contributed by atoms with Gasteiger partial charge >= 0.3 is 6.18 Å². The molecule has 19 heavy (non-hydrogen) atoms. The lowest BCUT2D eigenvalue weighted by Crippen LogP contribution is -2.07. The van der Waals surface area contributed by atoms with Crippen LogP contribution in [0.15, 0.2) is 17.2 Å². The van der Waals surface area contributed by atoms with Crippen molar-refractivity contribution in [2.45, 2.75) is 13.1 Å². The molecule has 0 unspecified atom stereocenters. The van der Waals surface area contributed by atoms with E-state index in [-0.39, 0.29) is 20.9 Å². The number of alkyl halides is 3. The van der Waals surface area contributed by atoms with Gasteiger partial charge in [-0.1, -0.05) is 34.8 Å². The number of hydrazone groups is 1. The molecular weight excluding hydrogens is 327 g/mol. The van der Waals surface area contributed by atoms with Gasteiger partial charge in [-0.05, 0) is 12.1 Å². The maximum absolute atomic E-state index is 12.5. The van der Waals surface area contributed by atoms with Gasteiger partial charge in [-0.15, -0.1) is 0 Å². The van der Waals surface area contributed by atoms with Gasteiger partial charge in [0.2, 0.25) is 0 Å². The quantitative estimate of drug-likeness (QED) is 0.650. The van der Waals surface area contributed by atoms with Gasteiger partial charge in [0.05, 0.1) is 21.3 Å². The molecule has 0 fully saturated rings. The number of hydrogen-bond acceptors (Lipinski definition) is 3. The van der Waals surface area contributed by atoms with Crippen molar-refractivity contribution < 1.29 is 18.0 Å². The number of nitrogens with one attached hydrogen (secondary N) is 1. The molecule has 0 atom stereocenters. The number of carbonyl (C=O) groups is 1. The Morgan fingerprint density at radius 2 is 1.74 bits per heavy atom. The summed E-state index contributed by atoms with van der Waals surface area (Å²) < 4.78 is 37.4. The van der Waals surface area contributed by atoms with Crippen molar-refractivity contribution in [1.29, 1.82) is 0 Å². The molecule has 0 heterocycles. The van der Waals surface area contributed by atoms with Crippen molar-refractivity contribution >= 4 is 51.4 Å². The molecule has 1 aromatic rings. The number of carbonyl (C=O) groups excluding carboxylic acids is 1. The molecule has 0 aliphatic heterocycles. The lowest BCUT2D eigenvalue weighted by atomic mass is 10.2. The molecule has 0 aliphatic carbocycles. The largest absolute Gasteiger partial charge is 0.416 e. The van der Waals surface area contributed by atoms with Crippen LogP contribution >= 0.6 is 34.8 Å². The van der Waals surface area contributed by atoms with E-state index in [1.165, 1.54) is 6.92 Å². The predicted molar refractivity (Wildman–Crippen MR) is 69.1 cm³/mol. The zero-order valence-electron chi connectivity index (χ0n) is 9.28. The number of Topliss-reactive ketones (excluding diaryl/α,β-unsaturated/α-hetero) is 1. The Hall–Kier alpha value is -0.980. The monoisotopic (exact) mass is 332 g/mol. The van der Waals surface area contributed by atoms with Crippen molar-refractivity contribution in [2.75, 3.05) is 5.43 Å². The summed E-state index contributed by atoms with van der Waals surface area (Å²) in [6.45, 7) is 1.17. The third-order valence-corrected chi connectivity index (χ3v) is 2.87. The summed E-state index contributed by atoms with van der Waals surface area (Å²) in [6.07, 6.45) is -4.56. The van der Waals surface area contributed by atoms with Gasteiger partial charge in [-0.3, -0.25) is 10.2 Å². The van der Waals surface area contributed by atoms with Gasteiger partial charge in [0.25, 0.3) is 0 Å². The standard InChI is InChI=1S/C10H6Cl3F3N2O/c1-4(19)9(13)18-17-8-6(11)2-5(3-7(8)12)10(14,15)16/h2-3,17H,1H3. The summed E-state index contributed by atoms with van der Waals surface area (Å²) in [7, 11) is 0. The molecule has 1 rings (SSSR count). The minimum absolute atomic E-state index is 0.0734. The van der Waals surface area contributed by atoms with Gasteiger partial charge < -0.3 is 0 Å². The van der Waals surface area contributed by atoms with Crippen LogP contribution in [0.2, 0.25) is 10.0 Å². The summed E-state index contributed by atoms with van der Waals surface area (Å²) in [4.78, 5) is 10.8. The second-order valence-corrected chi connectivity index (χ2v) is 4.56. The number of halogens is 6. The molecule has 0 amide bonds. The lowest BCUT2D eigenvalue weighted by Gasteiger charge is -2.11. The molecule has 1 N–H and O–H groups in total. The number of anilines is 1. The first-order valence-electron chi connectivity index (χ1n) is 4.69. The number of nitrogens with zero attached hydrogens (tertiary/aromatic N) is 1. The van der Waals surface area contributed by atoms with Crippen LogP contribution in [0.3, 0.4) is 0 Å². The summed E-state index contributed by atoms with van der Waals surface area (Å²) in [5.74, 6) is -0.520. The fourth-order valence-corrected chi connectivity index (χ4v) is 1.64. The molecule has 0 spiro atoms. The first-order chi connectivity index (χ1) is 8.62. The van der Waals surface area contributed by atoms with Crippen molar-refractivity contribution in [3.05, 3.63) is 27.7 Å². The smallest absolute Gasteiger partial charge is 0.292 e. The van der Waals surface area contributed by atoms with Crippen LogP contribution in [0.5, 0.6) is 0 Å². The zero-order chi connectivity index (χ0) is 14.8. The normalized spacial score (nSPS) is 12.5. The Morgan fingerprint density at radius 1 is 1.26 bits per heavy atom. The van der Waals surface area contributed by atoms with E-state index < -0.39 is 17.5 Å². The Bertz CT molecular complexity index is 520. The molecule has 0 saturated carbocycles. The second-order valence-electron chi connectivity index (χ2n) is 3.38. The molecule has 0 aromatic heterocycles. The van der Waals surface area contributed by atoms with Gasteiger partial charge in [-0.2, -0.15) is 18.3 Å². The minimum atomic E-state index is -4.56. The second kappa shape index (κ2) is 5.98. The van der Waals surface area contributed by atoms with Crippen molar-refractivity contribution in [1.82, 2.24) is 0 Å². The Balaban J connectivity index is 3.12. The highest BCUT2D eigenvalue weighted by atomic mass is 35.5. The Morgan fingerprint density at radius 3 is 2.11 bits per heavy atom. The first-order valence-corrected chi connectivity index (χ1v) is 5.82. The zero-order valence-corrected chi connectivity index (χ0v) is 11.5. The van der Waals surface area contributed by atoms with Crippen LogP contribution in [-0.2, 0) is 11.0 Å². The molecule has 1 aromatic carbocycles. The van der Waals surface area contributed by atoms with Crippen molar-refractivity contribution in [3.63, 3.8) is 0 Å². The van der Waals surface area contributed by atoms with E-state index in [0.29, 0.717) is 12.1 Å². The fraction of sp³-hybridized carbons (Fsp3) is 0.200. The molecule has 104 valence electrons. The summed E-state index contributed by atoms with van der Waals surface area (Å²) in [5.41, 5.74) is 1.18. The first kappa shape index (κ1) is 16.1. The van der Waals surface area contributed by atoms with Gasteiger partial charge in [-0.25, -0.2) is 0 Å². The molecule has 9 heteroatoms. The molecule has 0 radical (unpaired) electrons. The summed E-state index contributed by atoms with van der Waals surface area (Å²) >= 11 is 16.8. The average Bonchev–Trinajstić information content (AvgIpc) is 2.25. The third-order valence-electron chi connectivity index (χ3n) is 1.93. The maximum Gasteiger partial charge on any atom is 0.416 e. The minimum Gasteiger partial charge on any atom is -0.292 e. The van der Waals surface area contributed by atoms with Gasteiger partial charge in [0, 0.05) is 6.92 Å². The number of rotatable bonds is 3. The SMILES string of the molecule is CC(=O)C(Cl)=NNc1c(Cl)cc(C(F)(F)F)cc1Cl. The number of ketones is 1. The average molecular weight is 334 g/mol. The van der Waals surface area contributed by atoms with Gasteiger partial charge in [0.15, 0.2) is 11.0 Å². The van der Waals surface area contributed by atoms with E-state index in [1.54, 1.807) is 0 Å². The third kappa shape index (κ3) is 4.26. The summed E-state index contributed by atoms with van der Waals surface area (Å²) in [5, 5.41) is 2.47. The summed E-state index contributed by atoms with van der Waals surface area (Å²) in [6, 6.07) is 1.37. The van der Waals surface area contributed by atoms with E-state index in [9.17, 15) is 18.0 Å². The highest BCUT2D eigenvalue weighted by Gasteiger charge is 2.32. The van der Waals surface area contributed by atoms with Crippen LogP contribution in [-0.4, -0.2) is 11.0 Å². The molecule has 0 bridgehead atoms. The van der Waals surface area contributed by atoms with E-state index in [0.717, 1.165) is 0 Å². The molecule has 3 nitrogen and oxygen atoms in total. The molecule has 0 aliphatic rings. The highest BCUT2D eigenvalue weighted by Crippen LogP contribution is 2.38. The Labute approximate surface area is 121 Å². The Kier molecular flexibility index (Phi) is 5.06. The predicted octanol–water partition coefficient (Wildman–Crippen LogP) is 4.57. The van der Waals surface area contributed by atoms with Crippen LogP contribution in [0, 0.1) is 0 Å². The van der Waals surface area contributed by atoms with E-state index in [1.807, 2.05) is 0 Å². The van der Waals surface area contributed by atoms with E-state index >= 15 is 0 Å². The van der Waals surface area contributed by atoms with Crippen molar-refractivity contribution in [2.24, 2.45) is 5.10 Å². The van der Waals surface area contributed by atoms with Crippen LogP contribution < -0.4 is 5.43 Å². The highest BCUT2D eigenvalue weighted by molar-refractivity contribution is 6.82. The fourth-order valence-electron chi connectivity index (χ4n) is 1.03. The number of hydrogen-bond donors (Lipinski definition) is 1. The van der Waals surface area contributed by atoms with E-state index in [4.69, 9.17) is 34.8 Å². The topological polar surface area (TPSA) is 41.5 Å². The number of benzene rings is 1. The van der Waals surface area contributed by atoms with Crippen LogP contribution in [0.1, 0.15) is 12.5 Å². The van der Waals surface area contributed by atoms with Crippen LogP contribution in [0.4, 0.5) is 18.9 Å². The van der Waals surface area contributed by atoms with Gasteiger partial charge in [0.1, 0.15) is 0 Å². The lowest BCUT2D eigenvalue weighted by molar-refractivity contribution is -0.137. The molecular formula is C10H6Cl3F3N2O. The molecule has 0 saturated heterocycles. The van der Waals surface area contributed by atoms with Crippen LogP contribution in [0.25, 0.3) is 0 Å².